The summed E-state index contributed by atoms with van der Waals surface area (Å²) >= 11 is 0. The summed E-state index contributed by atoms with van der Waals surface area (Å²) in [7, 11) is 0. The Morgan fingerprint density at radius 3 is 1.88 bits per heavy atom. The van der Waals surface area contributed by atoms with Gasteiger partial charge in [-0.3, -0.25) is 0 Å². The Morgan fingerprint density at radius 2 is 1.44 bits per heavy atom. The highest BCUT2D eigenvalue weighted by Crippen LogP contribution is 2.18. The third-order valence-corrected chi connectivity index (χ3v) is 2.25. The number of ether oxygens (including phenoxy) is 2. The molecule has 0 aliphatic heterocycles. The minimum atomic E-state index is 0.755. The monoisotopic (exact) mass is 221 g/mol. The van der Waals surface area contributed by atoms with E-state index in [9.17, 15) is 0 Å². The molecule has 0 atom stereocenters. The standard InChI is InChI=1S/C14H21O2/c1-3-5-10-15-13-8-7-9-14(12-13)16-11-6-4-2/h7-9H,3-6,10-11H2,1-2H3. The van der Waals surface area contributed by atoms with Gasteiger partial charge in [-0.2, -0.15) is 0 Å². The summed E-state index contributed by atoms with van der Waals surface area (Å²) in [6.07, 6.45) is 4.45. The predicted octanol–water partition coefficient (Wildman–Crippen LogP) is 3.84. The van der Waals surface area contributed by atoms with Gasteiger partial charge in [0.1, 0.15) is 11.5 Å². The van der Waals surface area contributed by atoms with Crippen LogP contribution in [0.4, 0.5) is 0 Å². The van der Waals surface area contributed by atoms with Crippen LogP contribution in [0.2, 0.25) is 0 Å². The fraction of sp³-hybridized carbons (Fsp3) is 0.571. The van der Waals surface area contributed by atoms with E-state index < -0.39 is 0 Å². The highest BCUT2D eigenvalue weighted by molar-refractivity contribution is 5.31. The highest BCUT2D eigenvalue weighted by Gasteiger charge is 1.98. The molecular formula is C14H21O2. The topological polar surface area (TPSA) is 18.5 Å². The number of rotatable bonds is 8. The zero-order valence-electron chi connectivity index (χ0n) is 10.3. The first-order valence-electron chi connectivity index (χ1n) is 6.14. The molecule has 1 aromatic carbocycles. The molecule has 0 saturated carbocycles. The average Bonchev–Trinajstić information content (AvgIpc) is 2.30. The molecule has 0 heterocycles. The number of hydrogen-bond acceptors (Lipinski definition) is 2. The molecule has 0 saturated heterocycles. The van der Waals surface area contributed by atoms with Crippen molar-refractivity contribution in [2.75, 3.05) is 13.2 Å². The lowest BCUT2D eigenvalue weighted by molar-refractivity contribution is 0.293. The summed E-state index contributed by atoms with van der Waals surface area (Å²) in [6, 6.07) is 8.90. The van der Waals surface area contributed by atoms with Gasteiger partial charge in [-0.05, 0) is 25.0 Å². The van der Waals surface area contributed by atoms with Crippen molar-refractivity contribution in [2.24, 2.45) is 0 Å². The minimum absolute atomic E-state index is 0.755. The van der Waals surface area contributed by atoms with Crippen LogP contribution in [0.3, 0.4) is 0 Å². The molecule has 16 heavy (non-hydrogen) atoms. The average molecular weight is 221 g/mol. The van der Waals surface area contributed by atoms with Crippen LogP contribution in [0.15, 0.2) is 18.2 Å². The van der Waals surface area contributed by atoms with Gasteiger partial charge in [-0.25, -0.2) is 0 Å². The van der Waals surface area contributed by atoms with Gasteiger partial charge in [-0.15, -0.1) is 0 Å². The second kappa shape index (κ2) is 8.03. The highest BCUT2D eigenvalue weighted by atomic mass is 16.5. The summed E-state index contributed by atoms with van der Waals surface area (Å²) in [6.45, 7) is 5.81. The van der Waals surface area contributed by atoms with Crippen molar-refractivity contribution in [2.45, 2.75) is 39.5 Å². The molecule has 1 radical (unpaired) electrons. The molecule has 0 aliphatic rings. The van der Waals surface area contributed by atoms with Crippen LogP contribution in [-0.2, 0) is 0 Å². The van der Waals surface area contributed by atoms with Gasteiger partial charge in [0.25, 0.3) is 0 Å². The molecule has 89 valence electrons. The summed E-state index contributed by atoms with van der Waals surface area (Å²) < 4.78 is 11.1. The van der Waals surface area contributed by atoms with E-state index in [1.165, 1.54) is 0 Å². The van der Waals surface area contributed by atoms with E-state index in [-0.39, 0.29) is 0 Å². The van der Waals surface area contributed by atoms with E-state index in [1.807, 2.05) is 18.2 Å². The van der Waals surface area contributed by atoms with Gasteiger partial charge in [0.2, 0.25) is 0 Å². The van der Waals surface area contributed by atoms with Crippen molar-refractivity contribution in [3.05, 3.63) is 24.3 Å². The van der Waals surface area contributed by atoms with Crippen molar-refractivity contribution in [1.82, 2.24) is 0 Å². The molecule has 0 unspecified atom stereocenters. The van der Waals surface area contributed by atoms with Gasteiger partial charge in [-0.1, -0.05) is 32.8 Å². The zero-order chi connectivity index (χ0) is 11.6. The van der Waals surface area contributed by atoms with Crippen LogP contribution >= 0.6 is 0 Å². The summed E-state index contributed by atoms with van der Waals surface area (Å²) in [5, 5.41) is 0. The largest absolute Gasteiger partial charge is 0.493 e. The van der Waals surface area contributed by atoms with Crippen LogP contribution in [0.5, 0.6) is 11.5 Å². The molecule has 1 aromatic rings. The van der Waals surface area contributed by atoms with E-state index in [0.717, 1.165) is 50.4 Å². The maximum Gasteiger partial charge on any atom is 0.131 e. The van der Waals surface area contributed by atoms with Crippen molar-refractivity contribution < 1.29 is 9.47 Å². The van der Waals surface area contributed by atoms with Crippen molar-refractivity contribution in [1.29, 1.82) is 0 Å². The van der Waals surface area contributed by atoms with E-state index in [0.29, 0.717) is 0 Å². The van der Waals surface area contributed by atoms with Crippen molar-refractivity contribution >= 4 is 0 Å². The number of unbranched alkanes of at least 4 members (excludes halogenated alkanes) is 2. The summed E-state index contributed by atoms with van der Waals surface area (Å²) in [5.41, 5.74) is 0. The molecular weight excluding hydrogens is 200 g/mol. The molecule has 0 N–H and O–H groups in total. The summed E-state index contributed by atoms with van der Waals surface area (Å²) in [5.74, 6) is 1.56. The SMILES string of the molecule is CCCCOc1[c]c(OCCCC)ccc1. The van der Waals surface area contributed by atoms with Gasteiger partial charge in [0.15, 0.2) is 0 Å². The molecule has 2 heteroatoms. The zero-order valence-corrected chi connectivity index (χ0v) is 10.3. The van der Waals surface area contributed by atoms with Crippen LogP contribution in [0, 0.1) is 6.07 Å². The predicted molar refractivity (Wildman–Crippen MR) is 66.1 cm³/mol. The lowest BCUT2D eigenvalue weighted by Gasteiger charge is -2.08. The Morgan fingerprint density at radius 1 is 0.938 bits per heavy atom. The molecule has 0 aromatic heterocycles. The third kappa shape index (κ3) is 5.06. The van der Waals surface area contributed by atoms with Crippen LogP contribution in [0.25, 0.3) is 0 Å². The Kier molecular flexibility index (Phi) is 6.47. The fourth-order valence-corrected chi connectivity index (χ4v) is 1.25. The Balaban J connectivity index is 2.37. The van der Waals surface area contributed by atoms with E-state index in [2.05, 4.69) is 19.9 Å². The number of benzene rings is 1. The van der Waals surface area contributed by atoms with E-state index >= 15 is 0 Å². The molecule has 1 rings (SSSR count). The molecule has 0 spiro atoms. The second-order valence-electron chi connectivity index (χ2n) is 3.78. The van der Waals surface area contributed by atoms with Crippen LogP contribution < -0.4 is 9.47 Å². The number of hydrogen-bond donors (Lipinski definition) is 0. The first-order chi connectivity index (χ1) is 7.86. The minimum Gasteiger partial charge on any atom is -0.493 e. The molecule has 0 amide bonds. The Labute approximate surface area is 98.6 Å². The van der Waals surface area contributed by atoms with Gasteiger partial charge >= 0.3 is 0 Å². The maximum atomic E-state index is 5.56. The lowest BCUT2D eigenvalue weighted by Crippen LogP contribution is -1.99. The maximum absolute atomic E-state index is 5.56. The molecule has 0 fully saturated rings. The van der Waals surface area contributed by atoms with Crippen LogP contribution in [0.1, 0.15) is 39.5 Å². The van der Waals surface area contributed by atoms with Crippen molar-refractivity contribution in [3.8, 4) is 11.5 Å². The second-order valence-corrected chi connectivity index (χ2v) is 3.78. The van der Waals surface area contributed by atoms with Crippen molar-refractivity contribution in [3.63, 3.8) is 0 Å². The molecule has 0 aliphatic carbocycles. The quantitative estimate of drug-likeness (QED) is 0.621. The summed E-state index contributed by atoms with van der Waals surface area (Å²) in [4.78, 5) is 0. The van der Waals surface area contributed by atoms with Gasteiger partial charge in [0.05, 0.1) is 19.3 Å². The smallest absolute Gasteiger partial charge is 0.131 e. The van der Waals surface area contributed by atoms with Gasteiger partial charge in [0, 0.05) is 0 Å². The van der Waals surface area contributed by atoms with E-state index in [1.54, 1.807) is 0 Å². The molecule has 2 nitrogen and oxygen atoms in total. The fourth-order valence-electron chi connectivity index (χ4n) is 1.25. The normalized spacial score (nSPS) is 10.1. The van der Waals surface area contributed by atoms with Crippen LogP contribution in [-0.4, -0.2) is 13.2 Å². The Hall–Kier alpha value is -1.18. The van der Waals surface area contributed by atoms with E-state index in [4.69, 9.17) is 9.47 Å². The Bertz CT molecular complexity index is 259. The third-order valence-electron chi connectivity index (χ3n) is 2.25. The first kappa shape index (κ1) is 12.9. The molecule has 0 bridgehead atoms. The van der Waals surface area contributed by atoms with Gasteiger partial charge < -0.3 is 9.47 Å². The lowest BCUT2D eigenvalue weighted by atomic mass is 10.3. The first-order valence-corrected chi connectivity index (χ1v) is 6.14.